The molecule has 0 spiro atoms. The predicted molar refractivity (Wildman–Crippen MR) is 106 cm³/mol. The molecule has 1 amide bonds. The van der Waals surface area contributed by atoms with Crippen molar-refractivity contribution in [2.45, 2.75) is 12.7 Å². The number of fused-ring (bicyclic) bond motifs is 2. The summed E-state index contributed by atoms with van der Waals surface area (Å²) < 4.78 is 40.1. The zero-order valence-corrected chi connectivity index (χ0v) is 15.6. The van der Waals surface area contributed by atoms with Gasteiger partial charge in [-0.3, -0.25) is 14.2 Å². The third-order valence-electron chi connectivity index (χ3n) is 4.74. The summed E-state index contributed by atoms with van der Waals surface area (Å²) >= 11 is 0. The average Bonchev–Trinajstić information content (AvgIpc) is 2.98. The number of pyridine rings is 1. The van der Waals surface area contributed by atoms with Crippen molar-refractivity contribution >= 4 is 33.4 Å². The molecule has 2 N–H and O–H groups in total. The minimum absolute atomic E-state index is 0.0440. The number of imidazole rings is 1. The number of anilines is 1. The summed E-state index contributed by atoms with van der Waals surface area (Å²) in [7, 11) is 1.62. The number of aryl methyl sites for hydroxylation is 1. The maximum absolute atomic E-state index is 12.7. The van der Waals surface area contributed by atoms with Gasteiger partial charge in [-0.25, -0.2) is 4.79 Å². The SMILES string of the molecule is Cn1ccc2c(NC(=O)c3ccc4c(c3)[nH]c(=O)n4CC(F)(F)F)cccc2c1=O. The second-order valence-corrected chi connectivity index (χ2v) is 6.82. The number of halogens is 3. The second-order valence-electron chi connectivity index (χ2n) is 6.82. The van der Waals surface area contributed by atoms with Crippen LogP contribution in [0.25, 0.3) is 21.8 Å². The van der Waals surface area contributed by atoms with Gasteiger partial charge in [0.2, 0.25) is 0 Å². The highest BCUT2D eigenvalue weighted by molar-refractivity contribution is 6.10. The first-order valence-corrected chi connectivity index (χ1v) is 8.83. The van der Waals surface area contributed by atoms with E-state index in [2.05, 4.69) is 10.3 Å². The second kappa shape index (κ2) is 6.90. The molecule has 2 heterocycles. The highest BCUT2D eigenvalue weighted by Crippen LogP contribution is 2.23. The minimum atomic E-state index is -4.56. The molecule has 0 saturated carbocycles. The monoisotopic (exact) mass is 416 g/mol. The molecule has 154 valence electrons. The van der Waals surface area contributed by atoms with Gasteiger partial charge in [0.15, 0.2) is 0 Å². The van der Waals surface area contributed by atoms with Gasteiger partial charge in [-0.05, 0) is 36.4 Å². The van der Waals surface area contributed by atoms with Crippen LogP contribution in [0, 0.1) is 0 Å². The van der Waals surface area contributed by atoms with Crippen molar-refractivity contribution in [1.29, 1.82) is 0 Å². The normalized spacial score (nSPS) is 11.9. The first-order valence-electron chi connectivity index (χ1n) is 8.83. The molecule has 2 aromatic carbocycles. The maximum Gasteiger partial charge on any atom is 0.406 e. The van der Waals surface area contributed by atoms with Gasteiger partial charge in [0.1, 0.15) is 6.54 Å². The Morgan fingerprint density at radius 3 is 2.60 bits per heavy atom. The molecule has 30 heavy (non-hydrogen) atoms. The van der Waals surface area contributed by atoms with Crippen LogP contribution in [0.4, 0.5) is 18.9 Å². The van der Waals surface area contributed by atoms with Crippen molar-refractivity contribution in [2.24, 2.45) is 7.05 Å². The van der Waals surface area contributed by atoms with Gasteiger partial charge in [-0.2, -0.15) is 13.2 Å². The summed E-state index contributed by atoms with van der Waals surface area (Å²) in [5.41, 5.74) is -0.410. The lowest BCUT2D eigenvalue weighted by molar-refractivity contribution is -0.140. The summed E-state index contributed by atoms with van der Waals surface area (Å²) in [5, 5.41) is 3.69. The Morgan fingerprint density at radius 1 is 1.10 bits per heavy atom. The number of carbonyl (C=O) groups excluding carboxylic acids is 1. The van der Waals surface area contributed by atoms with Gasteiger partial charge in [0.25, 0.3) is 11.5 Å². The van der Waals surface area contributed by atoms with Crippen molar-refractivity contribution in [3.63, 3.8) is 0 Å². The summed E-state index contributed by atoms with van der Waals surface area (Å²) in [6.07, 6.45) is -2.97. The number of carbonyl (C=O) groups is 1. The van der Waals surface area contributed by atoms with Gasteiger partial charge in [-0.1, -0.05) is 6.07 Å². The zero-order valence-electron chi connectivity index (χ0n) is 15.6. The van der Waals surface area contributed by atoms with Gasteiger partial charge in [0, 0.05) is 35.3 Å². The Kier molecular flexibility index (Phi) is 4.49. The number of hydrogen-bond donors (Lipinski definition) is 2. The highest BCUT2D eigenvalue weighted by atomic mass is 19.4. The molecule has 0 radical (unpaired) electrons. The van der Waals surface area contributed by atoms with Crippen molar-refractivity contribution in [3.05, 3.63) is 75.1 Å². The molecule has 0 saturated heterocycles. The van der Waals surface area contributed by atoms with Crippen LogP contribution in [-0.2, 0) is 13.6 Å². The number of hydrogen-bond acceptors (Lipinski definition) is 3. The fourth-order valence-electron chi connectivity index (χ4n) is 3.32. The lowest BCUT2D eigenvalue weighted by Crippen LogP contribution is -2.26. The molecule has 0 atom stereocenters. The largest absolute Gasteiger partial charge is 0.406 e. The number of nitrogens with zero attached hydrogens (tertiary/aromatic N) is 2. The molecule has 0 bridgehead atoms. The lowest BCUT2D eigenvalue weighted by atomic mass is 10.1. The number of benzene rings is 2. The molecule has 2 aromatic heterocycles. The van der Waals surface area contributed by atoms with Crippen LogP contribution in [0.3, 0.4) is 0 Å². The van der Waals surface area contributed by atoms with Gasteiger partial charge in [0.05, 0.1) is 11.0 Å². The molecular formula is C20H15F3N4O3. The van der Waals surface area contributed by atoms with E-state index in [9.17, 15) is 27.6 Å². The molecular weight excluding hydrogens is 401 g/mol. The van der Waals surface area contributed by atoms with Crippen molar-refractivity contribution in [1.82, 2.24) is 14.1 Å². The Bertz CT molecular complexity index is 1410. The number of amides is 1. The van der Waals surface area contributed by atoms with E-state index in [1.54, 1.807) is 37.5 Å². The predicted octanol–water partition coefficient (Wildman–Crippen LogP) is 3.00. The molecule has 0 aliphatic rings. The molecule has 0 aliphatic heterocycles. The third-order valence-corrected chi connectivity index (χ3v) is 4.74. The van der Waals surface area contributed by atoms with Crippen molar-refractivity contribution in [2.75, 3.05) is 5.32 Å². The van der Waals surface area contributed by atoms with Crippen LogP contribution in [0.5, 0.6) is 0 Å². The summed E-state index contributed by atoms with van der Waals surface area (Å²) in [5.74, 6) is -0.533. The first-order chi connectivity index (χ1) is 14.1. The smallest absolute Gasteiger partial charge is 0.321 e. The standard InChI is InChI=1S/C20H15F3N4O3/c1-26-8-7-12-13(18(26)29)3-2-4-14(12)24-17(28)11-5-6-16-15(9-11)25-19(30)27(16)10-20(21,22)23/h2-9H,10H2,1H3,(H,24,28)(H,25,30). The Morgan fingerprint density at radius 2 is 1.87 bits per heavy atom. The van der Waals surface area contributed by atoms with Crippen LogP contribution in [-0.4, -0.2) is 26.2 Å². The summed E-state index contributed by atoms with van der Waals surface area (Å²) in [4.78, 5) is 39.2. The van der Waals surface area contributed by atoms with E-state index < -0.39 is 24.3 Å². The Hall–Kier alpha value is -3.82. The van der Waals surface area contributed by atoms with E-state index >= 15 is 0 Å². The van der Waals surface area contributed by atoms with Crippen LogP contribution in [0.15, 0.2) is 58.3 Å². The number of aromatic amines is 1. The van der Waals surface area contributed by atoms with E-state index in [4.69, 9.17) is 0 Å². The van der Waals surface area contributed by atoms with Crippen molar-refractivity contribution in [3.8, 4) is 0 Å². The number of nitrogens with one attached hydrogen (secondary N) is 2. The lowest BCUT2D eigenvalue weighted by Gasteiger charge is -2.10. The molecule has 0 fully saturated rings. The molecule has 10 heteroatoms. The topological polar surface area (TPSA) is 88.9 Å². The number of alkyl halides is 3. The Balaban J connectivity index is 1.69. The molecule has 7 nitrogen and oxygen atoms in total. The fourth-order valence-corrected chi connectivity index (χ4v) is 3.32. The fraction of sp³-hybridized carbons (Fsp3) is 0.150. The van der Waals surface area contributed by atoms with Crippen LogP contribution in [0.1, 0.15) is 10.4 Å². The average molecular weight is 416 g/mol. The summed E-state index contributed by atoms with van der Waals surface area (Å²) in [6.45, 7) is -1.43. The van der Waals surface area contributed by atoms with Crippen LogP contribution < -0.4 is 16.6 Å². The van der Waals surface area contributed by atoms with E-state index in [-0.39, 0.29) is 22.2 Å². The quantitative estimate of drug-likeness (QED) is 0.538. The van der Waals surface area contributed by atoms with E-state index in [0.717, 1.165) is 0 Å². The van der Waals surface area contributed by atoms with E-state index in [1.165, 1.54) is 22.8 Å². The number of aromatic nitrogens is 3. The van der Waals surface area contributed by atoms with Gasteiger partial charge in [-0.15, -0.1) is 0 Å². The zero-order chi connectivity index (χ0) is 21.6. The van der Waals surface area contributed by atoms with Gasteiger partial charge >= 0.3 is 11.9 Å². The number of rotatable bonds is 3. The van der Waals surface area contributed by atoms with Gasteiger partial charge < -0.3 is 14.9 Å². The van der Waals surface area contributed by atoms with Crippen LogP contribution in [0.2, 0.25) is 0 Å². The highest BCUT2D eigenvalue weighted by Gasteiger charge is 2.29. The van der Waals surface area contributed by atoms with E-state index in [0.29, 0.717) is 21.0 Å². The maximum atomic E-state index is 12.7. The summed E-state index contributed by atoms with van der Waals surface area (Å²) in [6, 6.07) is 10.5. The molecule has 0 unspecified atom stereocenters. The molecule has 0 aliphatic carbocycles. The minimum Gasteiger partial charge on any atom is -0.321 e. The van der Waals surface area contributed by atoms with Crippen LogP contribution >= 0.6 is 0 Å². The van der Waals surface area contributed by atoms with Crippen molar-refractivity contribution < 1.29 is 18.0 Å². The van der Waals surface area contributed by atoms with E-state index in [1.807, 2.05) is 0 Å². The molecule has 4 aromatic rings. The third kappa shape index (κ3) is 3.47. The Labute approximate surface area is 166 Å². The first kappa shape index (κ1) is 19.5. The number of H-pyrrole nitrogens is 1. The molecule has 4 rings (SSSR count).